The van der Waals surface area contributed by atoms with Gasteiger partial charge in [0.15, 0.2) is 9.84 Å². The molecule has 0 aromatic heterocycles. The van der Waals surface area contributed by atoms with Crippen molar-refractivity contribution in [2.24, 2.45) is 0 Å². The highest BCUT2D eigenvalue weighted by molar-refractivity contribution is 7.91. The molecule has 2 rings (SSSR count). The van der Waals surface area contributed by atoms with Crippen LogP contribution in [0.3, 0.4) is 0 Å². The monoisotopic (exact) mass is 264 g/mol. The van der Waals surface area contributed by atoms with Gasteiger partial charge in [0, 0.05) is 0 Å². The average molecular weight is 264 g/mol. The molecule has 0 unspecified atom stereocenters. The summed E-state index contributed by atoms with van der Waals surface area (Å²) < 4.78 is 28.3. The third kappa shape index (κ3) is 2.68. The van der Waals surface area contributed by atoms with E-state index in [1.54, 1.807) is 18.2 Å². The van der Waals surface area contributed by atoms with E-state index in [-0.39, 0.29) is 23.7 Å². The molecule has 18 heavy (non-hydrogen) atoms. The zero-order chi connectivity index (χ0) is 13.0. The number of hydrogen-bond donors (Lipinski definition) is 0. The Bertz CT molecular complexity index is 662. The minimum Gasteiger partial charge on any atom is -0.467 e. The minimum absolute atomic E-state index is 0.126. The number of hydrogen-bond acceptors (Lipinski definition) is 4. The molecule has 2 aromatic rings. The van der Waals surface area contributed by atoms with Crippen LogP contribution < -0.4 is 0 Å². The number of carbonyl (C=O) groups is 1. The van der Waals surface area contributed by atoms with Crippen molar-refractivity contribution in [3.63, 3.8) is 0 Å². The van der Waals surface area contributed by atoms with Crippen LogP contribution in [0.4, 0.5) is 0 Å². The molecule has 0 N–H and O–H groups in total. The lowest BCUT2D eigenvalue weighted by atomic mass is 10.1. The van der Waals surface area contributed by atoms with Crippen LogP contribution in [0.5, 0.6) is 0 Å². The van der Waals surface area contributed by atoms with Gasteiger partial charge in [-0.2, -0.15) is 0 Å². The van der Waals surface area contributed by atoms with Crippen LogP contribution in [0.1, 0.15) is 0 Å². The van der Waals surface area contributed by atoms with Gasteiger partial charge in [-0.15, -0.1) is 0 Å². The lowest BCUT2D eigenvalue weighted by molar-refractivity contribution is -0.128. The average Bonchev–Trinajstić information content (AvgIpc) is 2.38. The first-order chi connectivity index (χ1) is 8.63. The predicted molar refractivity (Wildman–Crippen MR) is 68.0 cm³/mol. The molecular weight excluding hydrogens is 252 g/mol. The standard InChI is InChI=1S/C13H12O4S/c14-10-17-7-8-18(15,16)13-6-5-11-3-1-2-4-12(11)9-13/h1-6,9-10H,7-8H2. The molecule has 94 valence electrons. The van der Waals surface area contributed by atoms with Crippen LogP contribution in [0, 0.1) is 0 Å². The summed E-state index contributed by atoms with van der Waals surface area (Å²) in [5.74, 6) is -0.204. The molecule has 0 aliphatic rings. The molecule has 0 spiro atoms. The molecule has 0 amide bonds. The lowest BCUT2D eigenvalue weighted by Gasteiger charge is -2.05. The maximum absolute atomic E-state index is 12.0. The zero-order valence-corrected chi connectivity index (χ0v) is 10.4. The quantitative estimate of drug-likeness (QED) is 0.610. The predicted octanol–water partition coefficient (Wildman–Crippen LogP) is 1.79. The van der Waals surface area contributed by atoms with Crippen LogP contribution in [-0.4, -0.2) is 27.2 Å². The van der Waals surface area contributed by atoms with Gasteiger partial charge in [-0.3, -0.25) is 4.79 Å². The molecule has 0 radical (unpaired) electrons. The summed E-state index contributed by atoms with van der Waals surface area (Å²) in [5, 5.41) is 1.86. The van der Waals surface area contributed by atoms with E-state index in [0.29, 0.717) is 0 Å². The van der Waals surface area contributed by atoms with E-state index in [2.05, 4.69) is 4.74 Å². The van der Waals surface area contributed by atoms with Crippen molar-refractivity contribution in [2.45, 2.75) is 4.90 Å². The summed E-state index contributed by atoms with van der Waals surface area (Å²) in [7, 11) is -3.41. The van der Waals surface area contributed by atoms with Crippen LogP contribution in [-0.2, 0) is 19.4 Å². The molecule has 5 heteroatoms. The molecule has 0 heterocycles. The van der Waals surface area contributed by atoms with E-state index < -0.39 is 9.84 Å². The van der Waals surface area contributed by atoms with Gasteiger partial charge in [-0.25, -0.2) is 8.42 Å². The van der Waals surface area contributed by atoms with E-state index in [1.807, 2.05) is 24.3 Å². The van der Waals surface area contributed by atoms with E-state index in [1.165, 1.54) is 0 Å². The van der Waals surface area contributed by atoms with Crippen molar-refractivity contribution in [1.29, 1.82) is 0 Å². The van der Waals surface area contributed by atoms with Crippen molar-refractivity contribution in [1.82, 2.24) is 0 Å². The second-order valence-corrected chi connectivity index (χ2v) is 5.90. The Morgan fingerprint density at radius 2 is 1.78 bits per heavy atom. The Morgan fingerprint density at radius 1 is 1.06 bits per heavy atom. The Labute approximate surface area is 105 Å². The lowest BCUT2D eigenvalue weighted by Crippen LogP contribution is -2.12. The number of carbonyl (C=O) groups excluding carboxylic acids is 1. The molecule has 0 aliphatic heterocycles. The van der Waals surface area contributed by atoms with Gasteiger partial charge in [-0.05, 0) is 22.9 Å². The number of benzene rings is 2. The molecule has 0 fully saturated rings. The molecule has 0 saturated heterocycles. The molecule has 0 atom stereocenters. The minimum atomic E-state index is -3.41. The second kappa shape index (κ2) is 5.18. The third-order valence-electron chi connectivity index (χ3n) is 2.62. The fourth-order valence-corrected chi connectivity index (χ4v) is 2.82. The molecular formula is C13H12O4S. The molecule has 0 saturated carbocycles. The van der Waals surface area contributed by atoms with Crippen molar-refractivity contribution in [3.8, 4) is 0 Å². The van der Waals surface area contributed by atoms with Crippen LogP contribution >= 0.6 is 0 Å². The van der Waals surface area contributed by atoms with Crippen molar-refractivity contribution in [3.05, 3.63) is 42.5 Å². The summed E-state index contributed by atoms with van der Waals surface area (Å²) >= 11 is 0. The van der Waals surface area contributed by atoms with Gasteiger partial charge in [-0.1, -0.05) is 30.3 Å². The van der Waals surface area contributed by atoms with Crippen LogP contribution in [0.2, 0.25) is 0 Å². The Morgan fingerprint density at radius 3 is 2.50 bits per heavy atom. The largest absolute Gasteiger partial charge is 0.467 e. The van der Waals surface area contributed by atoms with Crippen LogP contribution in [0.15, 0.2) is 47.4 Å². The fourth-order valence-electron chi connectivity index (χ4n) is 1.68. The van der Waals surface area contributed by atoms with Gasteiger partial charge in [0.25, 0.3) is 6.47 Å². The van der Waals surface area contributed by atoms with Gasteiger partial charge < -0.3 is 4.74 Å². The number of sulfone groups is 1. The van der Waals surface area contributed by atoms with Gasteiger partial charge in [0.1, 0.15) is 6.61 Å². The topological polar surface area (TPSA) is 60.4 Å². The third-order valence-corrected chi connectivity index (χ3v) is 4.29. The first kappa shape index (κ1) is 12.6. The Hall–Kier alpha value is -1.88. The van der Waals surface area contributed by atoms with Crippen molar-refractivity contribution >= 4 is 27.1 Å². The SMILES string of the molecule is O=COCCS(=O)(=O)c1ccc2ccccc2c1. The summed E-state index contributed by atoms with van der Waals surface area (Å²) in [6, 6.07) is 12.5. The maximum atomic E-state index is 12.0. The van der Waals surface area contributed by atoms with Gasteiger partial charge in [0.05, 0.1) is 10.6 Å². The summed E-state index contributed by atoms with van der Waals surface area (Å²) in [5.41, 5.74) is 0. The highest BCUT2D eigenvalue weighted by Crippen LogP contribution is 2.19. The van der Waals surface area contributed by atoms with Crippen LogP contribution in [0.25, 0.3) is 10.8 Å². The summed E-state index contributed by atoms with van der Waals surface area (Å²) in [6.07, 6.45) is 0. The van der Waals surface area contributed by atoms with Gasteiger partial charge >= 0.3 is 0 Å². The molecule has 2 aromatic carbocycles. The highest BCUT2D eigenvalue weighted by atomic mass is 32.2. The second-order valence-electron chi connectivity index (χ2n) is 3.79. The van der Waals surface area contributed by atoms with E-state index in [0.717, 1.165) is 10.8 Å². The first-order valence-electron chi connectivity index (χ1n) is 5.40. The van der Waals surface area contributed by atoms with Crippen molar-refractivity contribution < 1.29 is 17.9 Å². The number of ether oxygens (including phenoxy) is 1. The van der Waals surface area contributed by atoms with E-state index in [9.17, 15) is 13.2 Å². The smallest absolute Gasteiger partial charge is 0.293 e. The van der Waals surface area contributed by atoms with Gasteiger partial charge in [0.2, 0.25) is 0 Å². The van der Waals surface area contributed by atoms with E-state index in [4.69, 9.17) is 0 Å². The maximum Gasteiger partial charge on any atom is 0.293 e. The fraction of sp³-hybridized carbons (Fsp3) is 0.154. The normalized spacial score (nSPS) is 11.3. The molecule has 4 nitrogen and oxygen atoms in total. The highest BCUT2D eigenvalue weighted by Gasteiger charge is 2.14. The summed E-state index contributed by atoms with van der Waals surface area (Å²) in [6.45, 7) is 0.120. The molecule has 0 bridgehead atoms. The molecule has 0 aliphatic carbocycles. The van der Waals surface area contributed by atoms with Crippen molar-refractivity contribution in [2.75, 3.05) is 12.4 Å². The Balaban J connectivity index is 2.32. The Kier molecular flexibility index (Phi) is 3.62. The van der Waals surface area contributed by atoms with E-state index >= 15 is 0 Å². The number of rotatable bonds is 5. The zero-order valence-electron chi connectivity index (χ0n) is 9.57. The first-order valence-corrected chi connectivity index (χ1v) is 7.05. The number of fused-ring (bicyclic) bond motifs is 1. The summed E-state index contributed by atoms with van der Waals surface area (Å²) in [4.78, 5) is 10.2.